The fourth-order valence-corrected chi connectivity index (χ4v) is 1.95. The van der Waals surface area contributed by atoms with E-state index in [0.29, 0.717) is 0 Å². The van der Waals surface area contributed by atoms with Crippen LogP contribution in [0.3, 0.4) is 0 Å². The van der Waals surface area contributed by atoms with Gasteiger partial charge in [0, 0.05) is 11.6 Å². The molecule has 0 saturated heterocycles. The lowest BCUT2D eigenvalue weighted by molar-refractivity contribution is 0.392. The highest BCUT2D eigenvalue weighted by molar-refractivity contribution is 5.36. The Balaban J connectivity index is 2.93. The van der Waals surface area contributed by atoms with Crippen molar-refractivity contribution in [3.8, 4) is 5.75 Å². The summed E-state index contributed by atoms with van der Waals surface area (Å²) in [7, 11) is 1.62. The predicted octanol–water partition coefficient (Wildman–Crippen LogP) is 3.68. The maximum atomic E-state index is 13.3. The second-order valence-corrected chi connectivity index (χ2v) is 4.18. The molecule has 0 spiro atoms. The highest BCUT2D eigenvalue weighted by Gasteiger charge is 2.15. The Hall–Kier alpha value is -1.09. The van der Waals surface area contributed by atoms with Crippen LogP contribution in [0, 0.1) is 5.82 Å². The molecule has 0 heterocycles. The minimum atomic E-state index is -0.208. The van der Waals surface area contributed by atoms with Gasteiger partial charge in [-0.2, -0.15) is 0 Å². The lowest BCUT2D eigenvalue weighted by Crippen LogP contribution is -2.22. The Morgan fingerprint density at radius 3 is 2.65 bits per heavy atom. The lowest BCUT2D eigenvalue weighted by atomic mass is 10.0. The first kappa shape index (κ1) is 14.0. The van der Waals surface area contributed by atoms with Gasteiger partial charge in [-0.1, -0.05) is 20.3 Å². The monoisotopic (exact) mass is 239 g/mol. The molecule has 1 atom stereocenters. The summed E-state index contributed by atoms with van der Waals surface area (Å²) in [6.45, 7) is 5.19. The van der Waals surface area contributed by atoms with Crippen molar-refractivity contribution in [2.75, 3.05) is 13.7 Å². The molecule has 0 aromatic heterocycles. The molecule has 0 radical (unpaired) electrons. The molecule has 0 aliphatic heterocycles. The number of nitrogens with one attached hydrogen (secondary N) is 1. The standard InChI is InChI=1S/C14H22FNO/c1-4-6-13(16-9-5-2)12-10-11(15)7-8-14(12)17-3/h7-8,10,13,16H,4-6,9H2,1-3H3. The van der Waals surface area contributed by atoms with E-state index < -0.39 is 0 Å². The van der Waals surface area contributed by atoms with E-state index in [1.807, 2.05) is 0 Å². The Labute approximate surface area is 103 Å². The van der Waals surface area contributed by atoms with Gasteiger partial charge in [0.05, 0.1) is 7.11 Å². The average Bonchev–Trinajstić information content (AvgIpc) is 2.34. The summed E-state index contributed by atoms with van der Waals surface area (Å²) in [5, 5.41) is 3.44. The first-order valence-corrected chi connectivity index (χ1v) is 6.29. The fraction of sp³-hybridized carbons (Fsp3) is 0.571. The van der Waals surface area contributed by atoms with E-state index in [9.17, 15) is 4.39 Å². The zero-order valence-corrected chi connectivity index (χ0v) is 10.9. The molecule has 1 N–H and O–H groups in total. The van der Waals surface area contributed by atoms with Gasteiger partial charge in [-0.05, 0) is 37.6 Å². The van der Waals surface area contributed by atoms with Crippen molar-refractivity contribution in [3.05, 3.63) is 29.6 Å². The van der Waals surface area contributed by atoms with E-state index in [1.54, 1.807) is 19.2 Å². The first-order valence-electron chi connectivity index (χ1n) is 6.29. The van der Waals surface area contributed by atoms with Crippen LogP contribution >= 0.6 is 0 Å². The average molecular weight is 239 g/mol. The van der Waals surface area contributed by atoms with Crippen molar-refractivity contribution in [3.63, 3.8) is 0 Å². The lowest BCUT2D eigenvalue weighted by Gasteiger charge is -2.20. The Morgan fingerprint density at radius 2 is 2.06 bits per heavy atom. The van der Waals surface area contributed by atoms with Gasteiger partial charge in [0.15, 0.2) is 0 Å². The van der Waals surface area contributed by atoms with Crippen LogP contribution in [-0.2, 0) is 0 Å². The summed E-state index contributed by atoms with van der Waals surface area (Å²) in [4.78, 5) is 0. The van der Waals surface area contributed by atoms with Crippen molar-refractivity contribution < 1.29 is 9.13 Å². The molecule has 0 bridgehead atoms. The third-order valence-electron chi connectivity index (χ3n) is 2.79. The number of methoxy groups -OCH3 is 1. The van der Waals surface area contributed by atoms with Gasteiger partial charge in [0.1, 0.15) is 11.6 Å². The van der Waals surface area contributed by atoms with E-state index in [-0.39, 0.29) is 11.9 Å². The molecule has 0 fully saturated rings. The van der Waals surface area contributed by atoms with Gasteiger partial charge in [-0.3, -0.25) is 0 Å². The van der Waals surface area contributed by atoms with Crippen LogP contribution in [0.5, 0.6) is 5.75 Å². The molecule has 0 aliphatic rings. The molecular formula is C14H22FNO. The molecule has 1 rings (SSSR count). The molecule has 1 aromatic carbocycles. The van der Waals surface area contributed by atoms with Crippen LogP contribution in [0.15, 0.2) is 18.2 Å². The maximum Gasteiger partial charge on any atom is 0.123 e. The van der Waals surface area contributed by atoms with Crippen LogP contribution in [0.1, 0.15) is 44.7 Å². The van der Waals surface area contributed by atoms with E-state index in [4.69, 9.17) is 4.74 Å². The summed E-state index contributed by atoms with van der Waals surface area (Å²) in [5.41, 5.74) is 0.919. The first-order chi connectivity index (χ1) is 8.22. The molecule has 17 heavy (non-hydrogen) atoms. The number of benzene rings is 1. The summed E-state index contributed by atoms with van der Waals surface area (Å²) in [6.07, 6.45) is 3.11. The predicted molar refractivity (Wildman–Crippen MR) is 68.9 cm³/mol. The molecule has 1 aromatic rings. The molecule has 96 valence electrons. The Kier molecular flexibility index (Phi) is 5.98. The SMILES string of the molecule is CCCNC(CCC)c1cc(F)ccc1OC. The zero-order chi connectivity index (χ0) is 12.7. The molecule has 0 amide bonds. The van der Waals surface area contributed by atoms with Gasteiger partial charge in [-0.25, -0.2) is 4.39 Å². The van der Waals surface area contributed by atoms with Crippen LogP contribution in [-0.4, -0.2) is 13.7 Å². The number of ether oxygens (including phenoxy) is 1. The van der Waals surface area contributed by atoms with Gasteiger partial charge >= 0.3 is 0 Å². The third kappa shape index (κ3) is 4.00. The summed E-state index contributed by atoms with van der Waals surface area (Å²) >= 11 is 0. The second-order valence-electron chi connectivity index (χ2n) is 4.18. The smallest absolute Gasteiger partial charge is 0.123 e. The van der Waals surface area contributed by atoms with Gasteiger partial charge in [0.25, 0.3) is 0 Å². The molecule has 2 nitrogen and oxygen atoms in total. The highest BCUT2D eigenvalue weighted by atomic mass is 19.1. The van der Waals surface area contributed by atoms with E-state index >= 15 is 0 Å². The molecular weight excluding hydrogens is 217 g/mol. The topological polar surface area (TPSA) is 21.3 Å². The van der Waals surface area contributed by atoms with Crippen LogP contribution < -0.4 is 10.1 Å². The summed E-state index contributed by atoms with van der Waals surface area (Å²) in [5.74, 6) is 0.550. The number of hydrogen-bond acceptors (Lipinski definition) is 2. The normalized spacial score (nSPS) is 12.5. The number of halogens is 1. The molecule has 1 unspecified atom stereocenters. The second kappa shape index (κ2) is 7.28. The van der Waals surface area contributed by atoms with Crippen molar-refractivity contribution >= 4 is 0 Å². The Bertz CT molecular complexity index is 341. The quantitative estimate of drug-likeness (QED) is 0.783. The van der Waals surface area contributed by atoms with Gasteiger partial charge < -0.3 is 10.1 Å². The molecule has 0 aliphatic carbocycles. The summed E-state index contributed by atoms with van der Waals surface area (Å²) in [6, 6.07) is 4.87. The largest absolute Gasteiger partial charge is 0.496 e. The van der Waals surface area contributed by atoms with Gasteiger partial charge in [-0.15, -0.1) is 0 Å². The Morgan fingerprint density at radius 1 is 1.29 bits per heavy atom. The number of rotatable bonds is 7. The molecule has 3 heteroatoms. The minimum Gasteiger partial charge on any atom is -0.496 e. The van der Waals surface area contributed by atoms with Crippen molar-refractivity contribution in [1.29, 1.82) is 0 Å². The van der Waals surface area contributed by atoms with Crippen LogP contribution in [0.4, 0.5) is 4.39 Å². The third-order valence-corrected chi connectivity index (χ3v) is 2.79. The molecule has 0 saturated carbocycles. The van der Waals surface area contributed by atoms with E-state index in [0.717, 1.165) is 37.1 Å². The van der Waals surface area contributed by atoms with Crippen molar-refractivity contribution in [2.24, 2.45) is 0 Å². The minimum absolute atomic E-state index is 0.172. The fourth-order valence-electron chi connectivity index (χ4n) is 1.95. The summed E-state index contributed by atoms with van der Waals surface area (Å²) < 4.78 is 18.6. The highest BCUT2D eigenvalue weighted by Crippen LogP contribution is 2.28. The number of hydrogen-bond donors (Lipinski definition) is 1. The van der Waals surface area contributed by atoms with Crippen LogP contribution in [0.2, 0.25) is 0 Å². The van der Waals surface area contributed by atoms with E-state index in [1.165, 1.54) is 6.07 Å². The van der Waals surface area contributed by atoms with Gasteiger partial charge in [0.2, 0.25) is 0 Å². The van der Waals surface area contributed by atoms with Crippen molar-refractivity contribution in [2.45, 2.75) is 39.2 Å². The van der Waals surface area contributed by atoms with Crippen LogP contribution in [0.25, 0.3) is 0 Å². The van der Waals surface area contributed by atoms with Crippen molar-refractivity contribution in [1.82, 2.24) is 5.32 Å². The zero-order valence-electron chi connectivity index (χ0n) is 10.9. The van der Waals surface area contributed by atoms with E-state index in [2.05, 4.69) is 19.2 Å². The maximum absolute atomic E-state index is 13.3.